The molecule has 108 valence electrons. The molecule has 2 aromatic rings. The van der Waals surface area contributed by atoms with E-state index < -0.39 is 0 Å². The Labute approximate surface area is 128 Å². The molecule has 21 heavy (non-hydrogen) atoms. The van der Waals surface area contributed by atoms with Crippen LogP contribution in [0.15, 0.2) is 48.5 Å². The van der Waals surface area contributed by atoms with Crippen LogP contribution in [-0.2, 0) is 15.9 Å². The number of aryl methyl sites for hydroxylation is 1. The first kappa shape index (κ1) is 15.6. The molecule has 0 aliphatic rings. The van der Waals surface area contributed by atoms with E-state index in [1.165, 1.54) is 5.56 Å². The Kier molecular flexibility index (Phi) is 5.81. The topological polar surface area (TPSA) is 18.5 Å². The zero-order valence-corrected chi connectivity index (χ0v) is 13.5. The van der Waals surface area contributed by atoms with Crippen molar-refractivity contribution < 1.29 is 9.26 Å². The second kappa shape index (κ2) is 7.84. The summed E-state index contributed by atoms with van der Waals surface area (Å²) >= 11 is 0. The molecule has 0 saturated heterocycles. The third kappa shape index (κ3) is 4.60. The lowest BCUT2D eigenvalue weighted by Crippen LogP contribution is -1.99. The minimum atomic E-state index is -0.0786. The Bertz CT molecular complexity index is 641. The molecule has 2 rings (SSSR count). The van der Waals surface area contributed by atoms with Gasteiger partial charge in [0.25, 0.3) is 0 Å². The molecule has 0 bridgehead atoms. The Morgan fingerprint density at radius 3 is 2.62 bits per heavy atom. The maximum Gasteiger partial charge on any atom is 0.133 e. The summed E-state index contributed by atoms with van der Waals surface area (Å²) < 4.78 is 10.7. The average Bonchev–Trinajstić information content (AvgIpc) is 2.50. The molecule has 0 radical (unpaired) electrons. The van der Waals surface area contributed by atoms with Gasteiger partial charge in [0.2, 0.25) is 0 Å². The minimum Gasteiger partial charge on any atom is -0.438 e. The minimum absolute atomic E-state index is 0.0786. The van der Waals surface area contributed by atoms with Crippen molar-refractivity contribution in [2.24, 2.45) is 0 Å². The van der Waals surface area contributed by atoms with E-state index >= 15 is 0 Å². The summed E-state index contributed by atoms with van der Waals surface area (Å²) in [5.74, 6) is 3.00. The van der Waals surface area contributed by atoms with Crippen molar-refractivity contribution >= 4 is 9.47 Å². The van der Waals surface area contributed by atoms with Crippen molar-refractivity contribution in [3.05, 3.63) is 70.8 Å². The molecular formula is C18H19O2P. The summed E-state index contributed by atoms with van der Waals surface area (Å²) in [6.07, 6.45) is 2.70. The van der Waals surface area contributed by atoms with Crippen molar-refractivity contribution in [1.29, 1.82) is 0 Å². The van der Waals surface area contributed by atoms with Crippen LogP contribution in [0.4, 0.5) is 0 Å². The molecule has 0 heterocycles. The van der Waals surface area contributed by atoms with Gasteiger partial charge in [-0.05, 0) is 54.7 Å². The summed E-state index contributed by atoms with van der Waals surface area (Å²) in [5.41, 5.74) is 4.42. The first-order valence-corrected chi connectivity index (χ1v) is 7.30. The fourth-order valence-electron chi connectivity index (χ4n) is 1.96. The fourth-order valence-corrected chi connectivity index (χ4v) is 2.14. The predicted molar refractivity (Wildman–Crippen MR) is 88.5 cm³/mol. The molecule has 0 N–H and O–H groups in total. The summed E-state index contributed by atoms with van der Waals surface area (Å²) in [4.78, 5) is 0. The van der Waals surface area contributed by atoms with Gasteiger partial charge in [-0.25, -0.2) is 0 Å². The van der Waals surface area contributed by atoms with E-state index in [0.29, 0.717) is 6.61 Å². The van der Waals surface area contributed by atoms with E-state index in [4.69, 9.17) is 9.26 Å². The third-order valence-electron chi connectivity index (χ3n) is 3.29. The van der Waals surface area contributed by atoms with Gasteiger partial charge >= 0.3 is 0 Å². The van der Waals surface area contributed by atoms with E-state index in [9.17, 15) is 0 Å². The normalized spacial score (nSPS) is 11.4. The monoisotopic (exact) mass is 298 g/mol. The highest BCUT2D eigenvalue weighted by atomic mass is 31.0. The number of benzene rings is 2. The van der Waals surface area contributed by atoms with Crippen LogP contribution in [0.5, 0.6) is 0 Å². The Morgan fingerprint density at radius 2 is 1.90 bits per heavy atom. The van der Waals surface area contributed by atoms with Gasteiger partial charge in [-0.1, -0.05) is 30.3 Å². The zero-order chi connectivity index (χ0) is 15.1. The van der Waals surface area contributed by atoms with E-state index in [1.807, 2.05) is 37.3 Å². The molecule has 0 spiro atoms. The molecule has 0 saturated carbocycles. The lowest BCUT2D eigenvalue weighted by molar-refractivity contribution is 0.188. The average molecular weight is 298 g/mol. The molecule has 0 aliphatic carbocycles. The largest absolute Gasteiger partial charge is 0.438 e. The first-order chi connectivity index (χ1) is 10.2. The van der Waals surface area contributed by atoms with Crippen molar-refractivity contribution in [1.82, 2.24) is 0 Å². The number of rotatable bonds is 4. The molecule has 2 unspecified atom stereocenters. The second-order valence-corrected chi connectivity index (χ2v) is 5.18. The predicted octanol–water partition coefficient (Wildman–Crippen LogP) is 4.39. The molecule has 0 fully saturated rings. The van der Waals surface area contributed by atoms with Crippen molar-refractivity contribution in [2.75, 3.05) is 0 Å². The molecule has 0 amide bonds. The van der Waals surface area contributed by atoms with Crippen LogP contribution in [0, 0.1) is 19.0 Å². The Balaban J connectivity index is 2.05. The zero-order valence-electron chi connectivity index (χ0n) is 12.3. The smallest absolute Gasteiger partial charge is 0.133 e. The van der Waals surface area contributed by atoms with Gasteiger partial charge in [0, 0.05) is 15.0 Å². The lowest BCUT2D eigenvalue weighted by atomic mass is 10.0. The molecular weight excluding hydrogens is 279 g/mol. The molecule has 3 heteroatoms. The van der Waals surface area contributed by atoms with E-state index in [1.54, 1.807) is 0 Å². The fraction of sp³-hybridized carbons (Fsp3) is 0.222. The summed E-state index contributed by atoms with van der Waals surface area (Å²) in [7, 11) is 2.28. The Hall–Kier alpha value is -1.81. The maximum absolute atomic E-state index is 5.60. The van der Waals surface area contributed by atoms with Gasteiger partial charge in [-0.2, -0.15) is 0 Å². The molecule has 2 aromatic carbocycles. The van der Waals surface area contributed by atoms with E-state index in [2.05, 4.69) is 46.6 Å². The van der Waals surface area contributed by atoms with Crippen LogP contribution in [0.2, 0.25) is 0 Å². The number of hydrogen-bond donors (Lipinski definition) is 0. The molecule has 0 aliphatic heterocycles. The maximum atomic E-state index is 5.60. The van der Waals surface area contributed by atoms with Crippen molar-refractivity contribution in [2.45, 2.75) is 26.6 Å². The second-order valence-electron chi connectivity index (χ2n) is 4.85. The van der Waals surface area contributed by atoms with Crippen LogP contribution < -0.4 is 0 Å². The summed E-state index contributed by atoms with van der Waals surface area (Å²) in [6, 6.07) is 16.1. The molecule has 2 atom stereocenters. The standard InChI is InChI=1S/C18H19O2P/c1-14-8-9-17(12-18(14)13-20-21)15(2)19-11-10-16-6-4-3-5-7-16/h3-9,12,15H,13,21H2,1-2H3. The summed E-state index contributed by atoms with van der Waals surface area (Å²) in [5, 5.41) is 0. The SMILES string of the molecule is Cc1ccc(C(C)OC#Cc2ccccc2)cc1COP. The quantitative estimate of drug-likeness (QED) is 0.615. The number of ether oxygens (including phenoxy) is 1. The van der Waals surface area contributed by atoms with Crippen LogP contribution >= 0.6 is 9.47 Å². The third-order valence-corrected chi connectivity index (χ3v) is 3.45. The van der Waals surface area contributed by atoms with Crippen molar-refractivity contribution in [3.63, 3.8) is 0 Å². The van der Waals surface area contributed by atoms with E-state index in [-0.39, 0.29) is 6.10 Å². The van der Waals surface area contributed by atoms with Crippen molar-refractivity contribution in [3.8, 4) is 12.0 Å². The van der Waals surface area contributed by atoms with Crippen LogP contribution in [0.3, 0.4) is 0 Å². The van der Waals surface area contributed by atoms with Gasteiger partial charge < -0.3 is 9.26 Å². The van der Waals surface area contributed by atoms with Gasteiger partial charge in [0.1, 0.15) is 12.2 Å². The van der Waals surface area contributed by atoms with Crippen LogP contribution in [-0.4, -0.2) is 0 Å². The molecule has 2 nitrogen and oxygen atoms in total. The highest BCUT2D eigenvalue weighted by molar-refractivity contribution is 7.09. The van der Waals surface area contributed by atoms with Gasteiger partial charge in [-0.3, -0.25) is 0 Å². The summed E-state index contributed by atoms with van der Waals surface area (Å²) in [6.45, 7) is 4.64. The first-order valence-electron chi connectivity index (χ1n) is 6.83. The Morgan fingerprint density at radius 1 is 1.14 bits per heavy atom. The molecule has 0 aromatic heterocycles. The van der Waals surface area contributed by atoms with Gasteiger partial charge in [-0.15, -0.1) is 0 Å². The van der Waals surface area contributed by atoms with E-state index in [0.717, 1.165) is 16.7 Å². The van der Waals surface area contributed by atoms with Gasteiger partial charge in [0.05, 0.1) is 6.61 Å². The van der Waals surface area contributed by atoms with Gasteiger partial charge in [0.15, 0.2) is 0 Å². The highest BCUT2D eigenvalue weighted by Crippen LogP contribution is 2.21. The van der Waals surface area contributed by atoms with Crippen LogP contribution in [0.1, 0.15) is 35.3 Å². The highest BCUT2D eigenvalue weighted by Gasteiger charge is 2.07. The van der Waals surface area contributed by atoms with Crippen LogP contribution in [0.25, 0.3) is 0 Å². The number of hydrogen-bond acceptors (Lipinski definition) is 2. The lowest BCUT2D eigenvalue weighted by Gasteiger charge is -2.12.